The van der Waals surface area contributed by atoms with Crippen LogP contribution in [-0.4, -0.2) is 17.0 Å². The van der Waals surface area contributed by atoms with Crippen molar-refractivity contribution in [3.05, 3.63) is 83.0 Å². The number of para-hydroxylation sites is 1. The molecule has 142 valence electrons. The fourth-order valence-electron chi connectivity index (χ4n) is 3.77. The van der Waals surface area contributed by atoms with Crippen molar-refractivity contribution >= 4 is 39.1 Å². The van der Waals surface area contributed by atoms with Crippen LogP contribution < -0.4 is 0 Å². The number of aryl methyl sites for hydroxylation is 1. The summed E-state index contributed by atoms with van der Waals surface area (Å²) in [4.78, 5) is 13.5. The van der Waals surface area contributed by atoms with Gasteiger partial charge in [0, 0.05) is 45.2 Å². The number of carbonyl (C=O) groups is 1. The Hall–Kier alpha value is -2.65. The maximum absolute atomic E-state index is 13.5. The van der Waals surface area contributed by atoms with Crippen molar-refractivity contribution in [3.8, 4) is 0 Å². The number of nitrogens with zero attached hydrogens (tertiary/aromatic N) is 1. The van der Waals surface area contributed by atoms with E-state index in [9.17, 15) is 9.18 Å². The summed E-state index contributed by atoms with van der Waals surface area (Å²) in [5.41, 5.74) is 2.37. The molecule has 0 aliphatic heterocycles. The van der Waals surface area contributed by atoms with Crippen LogP contribution in [0.25, 0.3) is 21.7 Å². The summed E-state index contributed by atoms with van der Waals surface area (Å²) >= 11 is 6.32. The molecular formula is C24H21ClFNO. The molecule has 0 spiro atoms. The summed E-state index contributed by atoms with van der Waals surface area (Å²) in [5.74, 6) is -0.00780. The summed E-state index contributed by atoms with van der Waals surface area (Å²) in [6, 6.07) is 19.2. The zero-order valence-electron chi connectivity index (χ0n) is 15.5. The topological polar surface area (TPSA) is 22.0 Å². The second-order valence-corrected chi connectivity index (χ2v) is 7.38. The third-order valence-corrected chi connectivity index (χ3v) is 5.51. The van der Waals surface area contributed by atoms with Gasteiger partial charge in [0.15, 0.2) is 5.78 Å². The first-order valence-electron chi connectivity index (χ1n) is 9.56. The lowest BCUT2D eigenvalue weighted by molar-refractivity contribution is 0.104. The lowest BCUT2D eigenvalue weighted by Crippen LogP contribution is -2.02. The van der Waals surface area contributed by atoms with Gasteiger partial charge in [-0.05, 0) is 42.8 Å². The third kappa shape index (κ3) is 3.43. The Kier molecular flexibility index (Phi) is 5.45. The summed E-state index contributed by atoms with van der Waals surface area (Å²) < 4.78 is 14.5. The second kappa shape index (κ2) is 8.15. The van der Waals surface area contributed by atoms with Crippen molar-refractivity contribution < 1.29 is 9.18 Å². The predicted octanol–water partition coefficient (Wildman–Crippen LogP) is 6.82. The number of rotatable bonds is 7. The molecule has 3 aromatic carbocycles. The van der Waals surface area contributed by atoms with Gasteiger partial charge in [0.05, 0.1) is 6.67 Å². The first-order chi connectivity index (χ1) is 13.7. The van der Waals surface area contributed by atoms with E-state index < -0.39 is 0 Å². The highest BCUT2D eigenvalue weighted by Crippen LogP contribution is 2.30. The van der Waals surface area contributed by atoms with E-state index in [1.165, 1.54) is 0 Å². The molecule has 0 aliphatic rings. The van der Waals surface area contributed by atoms with Crippen molar-refractivity contribution in [2.45, 2.75) is 25.8 Å². The number of halogens is 2. The average Bonchev–Trinajstić information content (AvgIpc) is 3.10. The van der Waals surface area contributed by atoms with E-state index >= 15 is 0 Å². The van der Waals surface area contributed by atoms with Gasteiger partial charge in [0.2, 0.25) is 0 Å². The van der Waals surface area contributed by atoms with E-state index in [4.69, 9.17) is 11.6 Å². The highest BCUT2D eigenvalue weighted by molar-refractivity contribution is 6.36. The van der Waals surface area contributed by atoms with Crippen LogP contribution in [0.4, 0.5) is 4.39 Å². The van der Waals surface area contributed by atoms with Gasteiger partial charge < -0.3 is 4.57 Å². The molecule has 4 heteroatoms. The Balaban J connectivity index is 1.77. The molecule has 4 aromatic rings. The molecule has 0 bridgehead atoms. The van der Waals surface area contributed by atoms with Crippen LogP contribution in [0.2, 0.25) is 5.02 Å². The molecule has 4 rings (SSSR count). The molecule has 0 saturated heterocycles. The van der Waals surface area contributed by atoms with E-state index in [0.717, 1.165) is 41.1 Å². The molecule has 0 atom stereocenters. The fraction of sp³-hybridized carbons (Fsp3) is 0.208. The number of unbranched alkanes of at least 4 members (excludes halogenated alkanes) is 2. The molecule has 0 unspecified atom stereocenters. The number of ketones is 1. The summed E-state index contributed by atoms with van der Waals surface area (Å²) in [7, 11) is 0. The second-order valence-electron chi connectivity index (χ2n) is 6.97. The molecular weight excluding hydrogens is 373 g/mol. The minimum absolute atomic E-state index is 0.00780. The normalized spacial score (nSPS) is 11.4. The molecule has 0 N–H and O–H groups in total. The van der Waals surface area contributed by atoms with Crippen molar-refractivity contribution in [2.75, 3.05) is 6.67 Å². The molecule has 28 heavy (non-hydrogen) atoms. The van der Waals surface area contributed by atoms with E-state index in [-0.39, 0.29) is 12.5 Å². The van der Waals surface area contributed by atoms with Gasteiger partial charge in [-0.2, -0.15) is 0 Å². The number of hydrogen-bond acceptors (Lipinski definition) is 1. The zero-order valence-corrected chi connectivity index (χ0v) is 16.3. The minimum Gasteiger partial charge on any atom is -0.347 e. The molecule has 0 amide bonds. The Labute approximate surface area is 168 Å². The van der Waals surface area contributed by atoms with Crippen LogP contribution in [-0.2, 0) is 6.54 Å². The SMILES string of the molecule is O=C(c1ccc(Cl)c2ccccc12)c1cn(CCCCCF)c2ccccc12. The summed E-state index contributed by atoms with van der Waals surface area (Å²) in [6.45, 7) is 0.495. The van der Waals surface area contributed by atoms with Crippen LogP contribution in [0.1, 0.15) is 35.2 Å². The maximum Gasteiger partial charge on any atom is 0.195 e. The smallest absolute Gasteiger partial charge is 0.195 e. The molecule has 1 heterocycles. The van der Waals surface area contributed by atoms with Crippen LogP contribution in [0.15, 0.2) is 66.9 Å². The Morgan fingerprint density at radius 3 is 2.32 bits per heavy atom. The monoisotopic (exact) mass is 393 g/mol. The number of fused-ring (bicyclic) bond motifs is 2. The van der Waals surface area contributed by atoms with Crippen molar-refractivity contribution in [2.24, 2.45) is 0 Å². The molecule has 0 saturated carbocycles. The highest BCUT2D eigenvalue weighted by atomic mass is 35.5. The van der Waals surface area contributed by atoms with Crippen molar-refractivity contribution in [1.29, 1.82) is 0 Å². The zero-order chi connectivity index (χ0) is 19.5. The first kappa shape index (κ1) is 18.7. The van der Waals surface area contributed by atoms with Gasteiger partial charge in [-0.15, -0.1) is 0 Å². The van der Waals surface area contributed by atoms with Crippen LogP contribution in [0, 0.1) is 0 Å². The number of hydrogen-bond donors (Lipinski definition) is 0. The average molecular weight is 394 g/mol. The minimum atomic E-state index is -0.278. The molecule has 1 aromatic heterocycles. The molecule has 0 radical (unpaired) electrons. The third-order valence-electron chi connectivity index (χ3n) is 5.18. The number of benzene rings is 3. The standard InChI is InChI=1S/C24H21ClFNO/c25-22-13-12-20(17-8-2-3-9-18(17)22)24(28)21-16-27(15-7-1-6-14-26)23-11-5-4-10-19(21)23/h2-5,8-13,16H,1,6-7,14-15H2. The summed E-state index contributed by atoms with van der Waals surface area (Å²) in [5, 5.41) is 3.32. The molecule has 0 fully saturated rings. The van der Waals surface area contributed by atoms with Gasteiger partial charge in [-0.1, -0.05) is 54.1 Å². The Morgan fingerprint density at radius 2 is 1.54 bits per heavy atom. The summed E-state index contributed by atoms with van der Waals surface area (Å²) in [6.07, 6.45) is 4.25. The Morgan fingerprint density at radius 1 is 0.821 bits per heavy atom. The van der Waals surface area contributed by atoms with Gasteiger partial charge >= 0.3 is 0 Å². The van der Waals surface area contributed by atoms with Crippen molar-refractivity contribution in [1.82, 2.24) is 4.57 Å². The lowest BCUT2D eigenvalue weighted by atomic mass is 9.97. The van der Waals surface area contributed by atoms with Gasteiger partial charge in [0.25, 0.3) is 0 Å². The molecule has 0 aliphatic carbocycles. The van der Waals surface area contributed by atoms with Crippen LogP contribution in [0.5, 0.6) is 0 Å². The van der Waals surface area contributed by atoms with E-state index in [1.54, 1.807) is 12.1 Å². The highest BCUT2D eigenvalue weighted by Gasteiger charge is 2.19. The van der Waals surface area contributed by atoms with E-state index in [0.29, 0.717) is 22.6 Å². The van der Waals surface area contributed by atoms with Gasteiger partial charge in [-0.25, -0.2) is 0 Å². The lowest BCUT2D eigenvalue weighted by Gasteiger charge is -2.07. The van der Waals surface area contributed by atoms with Crippen molar-refractivity contribution in [3.63, 3.8) is 0 Å². The van der Waals surface area contributed by atoms with E-state index in [2.05, 4.69) is 4.57 Å². The quantitative estimate of drug-likeness (QED) is 0.249. The largest absolute Gasteiger partial charge is 0.347 e. The first-order valence-corrected chi connectivity index (χ1v) is 9.94. The Bertz CT molecular complexity index is 1150. The van der Waals surface area contributed by atoms with Crippen LogP contribution >= 0.6 is 11.6 Å². The van der Waals surface area contributed by atoms with Gasteiger partial charge in [-0.3, -0.25) is 9.18 Å². The van der Waals surface area contributed by atoms with E-state index in [1.807, 2.05) is 54.7 Å². The van der Waals surface area contributed by atoms with Gasteiger partial charge in [0.1, 0.15) is 0 Å². The van der Waals surface area contributed by atoms with Crippen LogP contribution in [0.3, 0.4) is 0 Å². The number of aromatic nitrogens is 1. The number of alkyl halides is 1. The molecule has 2 nitrogen and oxygen atoms in total. The maximum atomic E-state index is 13.5. The predicted molar refractivity (Wildman–Crippen MR) is 114 cm³/mol. The fourth-order valence-corrected chi connectivity index (χ4v) is 4.00. The number of carbonyl (C=O) groups excluding carboxylic acids is 1.